The van der Waals surface area contributed by atoms with Crippen molar-refractivity contribution in [3.8, 4) is 0 Å². The number of hydrogen-bond acceptors (Lipinski definition) is 5. The molecule has 7 heteroatoms. The van der Waals surface area contributed by atoms with Gasteiger partial charge in [0.15, 0.2) is 11.6 Å². The van der Waals surface area contributed by atoms with E-state index in [0.717, 1.165) is 30.9 Å². The summed E-state index contributed by atoms with van der Waals surface area (Å²) in [5, 5.41) is 4.28. The molecule has 3 rings (SSSR count). The van der Waals surface area contributed by atoms with E-state index in [4.69, 9.17) is 28.9 Å². The maximum Gasteiger partial charge on any atom is 0.159 e. The Bertz CT molecular complexity index is 687. The molecule has 5 nitrogen and oxygen atoms in total. The molecule has 2 aromatic rings. The highest BCUT2D eigenvalue weighted by molar-refractivity contribution is 6.35. The van der Waals surface area contributed by atoms with Crippen molar-refractivity contribution in [2.45, 2.75) is 32.2 Å². The Morgan fingerprint density at radius 3 is 2.61 bits per heavy atom. The molecule has 0 saturated carbocycles. The molecule has 0 bridgehead atoms. The van der Waals surface area contributed by atoms with Crippen LogP contribution in [0.2, 0.25) is 10.0 Å². The van der Waals surface area contributed by atoms with Crippen LogP contribution in [-0.2, 0) is 0 Å². The summed E-state index contributed by atoms with van der Waals surface area (Å²) in [6.07, 6.45) is 5.08. The second kappa shape index (κ2) is 6.81. The third kappa shape index (κ3) is 3.62. The number of piperidine rings is 1. The van der Waals surface area contributed by atoms with Gasteiger partial charge in [-0.05, 0) is 44.4 Å². The summed E-state index contributed by atoms with van der Waals surface area (Å²) < 4.78 is 0. The Balaban J connectivity index is 1.90. The van der Waals surface area contributed by atoms with Crippen molar-refractivity contribution < 1.29 is 0 Å². The zero-order valence-corrected chi connectivity index (χ0v) is 14.4. The fourth-order valence-electron chi connectivity index (χ4n) is 2.89. The number of nitrogens with two attached hydrogens (primary N) is 1. The molecule has 1 aromatic heterocycles. The van der Waals surface area contributed by atoms with Crippen LogP contribution in [0.4, 0.5) is 23.0 Å². The number of rotatable bonds is 3. The molecule has 1 aliphatic rings. The lowest BCUT2D eigenvalue weighted by atomic mass is 10.0. The summed E-state index contributed by atoms with van der Waals surface area (Å²) in [7, 11) is 0. The number of nitrogens with one attached hydrogen (secondary N) is 1. The van der Waals surface area contributed by atoms with E-state index in [-0.39, 0.29) is 0 Å². The maximum absolute atomic E-state index is 6.31. The monoisotopic (exact) mass is 351 g/mol. The molecule has 1 fully saturated rings. The van der Waals surface area contributed by atoms with Crippen LogP contribution in [0.15, 0.2) is 24.5 Å². The van der Waals surface area contributed by atoms with Gasteiger partial charge in [0, 0.05) is 28.3 Å². The van der Waals surface area contributed by atoms with Crippen molar-refractivity contribution in [1.29, 1.82) is 0 Å². The van der Waals surface area contributed by atoms with Gasteiger partial charge in [0.1, 0.15) is 12.0 Å². The van der Waals surface area contributed by atoms with Crippen molar-refractivity contribution in [2.75, 3.05) is 22.5 Å². The van der Waals surface area contributed by atoms with Crippen LogP contribution in [0.5, 0.6) is 0 Å². The Kier molecular flexibility index (Phi) is 4.78. The molecule has 23 heavy (non-hydrogen) atoms. The minimum Gasteiger partial charge on any atom is -0.393 e. The summed E-state index contributed by atoms with van der Waals surface area (Å²) in [6.45, 7) is 3.16. The fourth-order valence-corrected chi connectivity index (χ4v) is 3.42. The number of benzene rings is 1. The summed E-state index contributed by atoms with van der Waals surface area (Å²) in [5.41, 5.74) is 7.59. The Hall–Kier alpha value is -1.72. The van der Waals surface area contributed by atoms with Gasteiger partial charge in [0.2, 0.25) is 0 Å². The van der Waals surface area contributed by atoms with Gasteiger partial charge in [0.25, 0.3) is 0 Å². The predicted molar refractivity (Wildman–Crippen MR) is 96.8 cm³/mol. The Labute approximate surface area is 145 Å². The average Bonchev–Trinajstić information content (AvgIpc) is 2.49. The smallest absolute Gasteiger partial charge is 0.159 e. The Morgan fingerprint density at radius 2 is 1.91 bits per heavy atom. The first kappa shape index (κ1) is 16.1. The number of nitrogen functional groups attached to an aromatic ring is 1. The van der Waals surface area contributed by atoms with E-state index in [9.17, 15) is 0 Å². The summed E-state index contributed by atoms with van der Waals surface area (Å²) in [6, 6.07) is 5.66. The highest BCUT2D eigenvalue weighted by Crippen LogP contribution is 2.33. The first-order chi connectivity index (χ1) is 11.0. The molecule has 1 aliphatic heterocycles. The Morgan fingerprint density at radius 1 is 1.17 bits per heavy atom. The summed E-state index contributed by atoms with van der Waals surface area (Å²) in [5.74, 6) is 1.34. The fraction of sp³-hybridized carbons (Fsp3) is 0.375. The number of halogens is 2. The third-order valence-electron chi connectivity index (χ3n) is 4.06. The van der Waals surface area contributed by atoms with Crippen molar-refractivity contribution in [3.63, 3.8) is 0 Å². The molecular weight excluding hydrogens is 333 g/mol. The lowest BCUT2D eigenvalue weighted by Gasteiger charge is -2.35. The lowest BCUT2D eigenvalue weighted by Crippen LogP contribution is -2.38. The summed E-state index contributed by atoms with van der Waals surface area (Å²) in [4.78, 5) is 10.9. The van der Waals surface area contributed by atoms with E-state index in [1.54, 1.807) is 18.2 Å². The molecule has 0 spiro atoms. The van der Waals surface area contributed by atoms with Gasteiger partial charge in [-0.25, -0.2) is 9.97 Å². The van der Waals surface area contributed by atoms with Crippen LogP contribution < -0.4 is 16.0 Å². The number of aromatic nitrogens is 2. The van der Waals surface area contributed by atoms with Gasteiger partial charge in [-0.3, -0.25) is 0 Å². The standard InChI is InChI=1S/C16H19Cl2N5/c1-10-4-2-3-5-23(10)16-14(19)15(20-9-21-16)22-13-7-11(17)6-12(18)8-13/h6-10H,2-5,19H2,1H3,(H,20,21,22). The lowest BCUT2D eigenvalue weighted by molar-refractivity contribution is 0.481. The highest BCUT2D eigenvalue weighted by Gasteiger charge is 2.23. The van der Waals surface area contributed by atoms with Crippen molar-refractivity contribution in [1.82, 2.24) is 9.97 Å². The first-order valence-corrected chi connectivity index (χ1v) is 8.40. The molecule has 122 valence electrons. The maximum atomic E-state index is 6.31. The number of anilines is 4. The zero-order valence-electron chi connectivity index (χ0n) is 12.9. The second-order valence-electron chi connectivity index (χ2n) is 5.78. The highest BCUT2D eigenvalue weighted by atomic mass is 35.5. The van der Waals surface area contributed by atoms with Crippen LogP contribution in [0.1, 0.15) is 26.2 Å². The molecule has 3 N–H and O–H groups in total. The van der Waals surface area contributed by atoms with E-state index >= 15 is 0 Å². The van der Waals surface area contributed by atoms with Crippen LogP contribution in [0.25, 0.3) is 0 Å². The summed E-state index contributed by atoms with van der Waals surface area (Å²) >= 11 is 12.1. The van der Waals surface area contributed by atoms with Gasteiger partial charge in [-0.2, -0.15) is 0 Å². The molecule has 1 aromatic carbocycles. The number of nitrogens with zero attached hydrogens (tertiary/aromatic N) is 3. The molecule has 2 heterocycles. The van der Waals surface area contributed by atoms with Gasteiger partial charge < -0.3 is 16.0 Å². The van der Waals surface area contributed by atoms with Gasteiger partial charge in [-0.1, -0.05) is 23.2 Å². The zero-order chi connectivity index (χ0) is 16.4. The minimum atomic E-state index is 0.425. The van der Waals surface area contributed by atoms with Crippen LogP contribution >= 0.6 is 23.2 Å². The second-order valence-corrected chi connectivity index (χ2v) is 6.65. The SMILES string of the molecule is CC1CCCCN1c1ncnc(Nc2cc(Cl)cc(Cl)c2)c1N. The first-order valence-electron chi connectivity index (χ1n) is 7.65. The van der Waals surface area contributed by atoms with E-state index in [2.05, 4.69) is 27.1 Å². The molecule has 0 amide bonds. The third-order valence-corrected chi connectivity index (χ3v) is 4.50. The molecule has 1 atom stereocenters. The van der Waals surface area contributed by atoms with Gasteiger partial charge in [0.05, 0.1) is 0 Å². The number of hydrogen-bond donors (Lipinski definition) is 2. The minimum absolute atomic E-state index is 0.425. The van der Waals surface area contributed by atoms with Crippen LogP contribution in [0, 0.1) is 0 Å². The molecular formula is C16H19Cl2N5. The van der Waals surface area contributed by atoms with Crippen molar-refractivity contribution in [2.24, 2.45) is 0 Å². The van der Waals surface area contributed by atoms with Gasteiger partial charge >= 0.3 is 0 Å². The van der Waals surface area contributed by atoms with Gasteiger partial charge in [-0.15, -0.1) is 0 Å². The normalized spacial score (nSPS) is 18.0. The average molecular weight is 352 g/mol. The molecule has 1 saturated heterocycles. The van der Waals surface area contributed by atoms with E-state index in [1.807, 2.05) is 0 Å². The topological polar surface area (TPSA) is 67.1 Å². The largest absolute Gasteiger partial charge is 0.393 e. The molecule has 0 aliphatic carbocycles. The van der Waals surface area contributed by atoms with E-state index in [1.165, 1.54) is 12.7 Å². The van der Waals surface area contributed by atoms with E-state index < -0.39 is 0 Å². The molecule has 1 unspecified atom stereocenters. The quantitative estimate of drug-likeness (QED) is 0.852. The van der Waals surface area contributed by atoms with E-state index in [0.29, 0.717) is 27.6 Å². The predicted octanol–water partition coefficient (Wildman–Crippen LogP) is 4.49. The molecule has 0 radical (unpaired) electrons. The van der Waals surface area contributed by atoms with Crippen LogP contribution in [-0.4, -0.2) is 22.6 Å². The van der Waals surface area contributed by atoms with Crippen molar-refractivity contribution >= 4 is 46.2 Å². The van der Waals surface area contributed by atoms with Crippen molar-refractivity contribution in [3.05, 3.63) is 34.6 Å². The van der Waals surface area contributed by atoms with Crippen LogP contribution in [0.3, 0.4) is 0 Å².